The third-order valence-electron chi connectivity index (χ3n) is 4.74. The molecule has 0 unspecified atom stereocenters. The number of hydrogen-bond donors (Lipinski definition) is 1. The number of carbonyl (C=O) groups excluding carboxylic acids is 2. The lowest BCUT2D eigenvalue weighted by molar-refractivity contribution is -0.145. The van der Waals surface area contributed by atoms with Crippen LogP contribution in [0.1, 0.15) is 12.0 Å². The average molecular weight is 427 g/mol. The van der Waals surface area contributed by atoms with Gasteiger partial charge in [0.15, 0.2) is 0 Å². The van der Waals surface area contributed by atoms with Crippen LogP contribution < -0.4 is 10.1 Å². The van der Waals surface area contributed by atoms with Crippen LogP contribution in [0.3, 0.4) is 0 Å². The monoisotopic (exact) mass is 426 g/mol. The lowest BCUT2D eigenvalue weighted by Gasteiger charge is -2.16. The number of rotatable bonds is 10. The molecule has 0 bridgehead atoms. The first-order valence-corrected chi connectivity index (χ1v) is 11.1. The average Bonchev–Trinajstić information content (AvgIpc) is 3.17. The Morgan fingerprint density at radius 3 is 2.67 bits per heavy atom. The number of nitrogens with one attached hydrogen (secondary N) is 1. The van der Waals surface area contributed by atoms with Crippen LogP contribution in [0.25, 0.3) is 10.9 Å². The maximum atomic E-state index is 12.5. The van der Waals surface area contributed by atoms with Gasteiger partial charge in [-0.3, -0.25) is 4.79 Å². The van der Waals surface area contributed by atoms with Gasteiger partial charge in [0.1, 0.15) is 24.9 Å². The minimum atomic E-state index is -0.630. The van der Waals surface area contributed by atoms with Gasteiger partial charge >= 0.3 is 5.97 Å². The van der Waals surface area contributed by atoms with E-state index in [-0.39, 0.29) is 12.5 Å². The number of methoxy groups -OCH3 is 1. The maximum Gasteiger partial charge on any atom is 0.328 e. The van der Waals surface area contributed by atoms with Crippen molar-refractivity contribution < 1.29 is 19.1 Å². The van der Waals surface area contributed by atoms with Crippen molar-refractivity contribution >= 4 is 34.5 Å². The molecule has 7 heteroatoms. The van der Waals surface area contributed by atoms with Crippen molar-refractivity contribution in [3.8, 4) is 5.75 Å². The summed E-state index contributed by atoms with van der Waals surface area (Å²) in [7, 11) is 1.33. The van der Waals surface area contributed by atoms with Gasteiger partial charge in [0.25, 0.3) is 0 Å². The lowest BCUT2D eigenvalue weighted by atomic mass is 10.2. The Hall–Kier alpha value is -2.93. The van der Waals surface area contributed by atoms with E-state index in [1.165, 1.54) is 7.11 Å². The first kappa shape index (κ1) is 21.8. The highest BCUT2D eigenvalue weighted by Gasteiger charge is 2.21. The molecule has 1 heterocycles. The van der Waals surface area contributed by atoms with Crippen LogP contribution in [0.2, 0.25) is 0 Å². The van der Waals surface area contributed by atoms with Gasteiger partial charge < -0.3 is 19.4 Å². The van der Waals surface area contributed by atoms with Crippen LogP contribution in [-0.4, -0.2) is 41.6 Å². The van der Waals surface area contributed by atoms with Gasteiger partial charge in [-0.25, -0.2) is 4.79 Å². The van der Waals surface area contributed by atoms with Crippen molar-refractivity contribution in [2.75, 3.05) is 19.1 Å². The first-order valence-electron chi connectivity index (χ1n) is 9.72. The fraction of sp³-hybridized carbons (Fsp3) is 0.304. The quantitative estimate of drug-likeness (QED) is 0.502. The van der Waals surface area contributed by atoms with E-state index < -0.39 is 12.0 Å². The van der Waals surface area contributed by atoms with E-state index in [0.29, 0.717) is 13.0 Å². The summed E-state index contributed by atoms with van der Waals surface area (Å²) in [5.74, 6) is 0.887. The summed E-state index contributed by atoms with van der Waals surface area (Å²) < 4.78 is 12.5. The maximum absolute atomic E-state index is 12.5. The third kappa shape index (κ3) is 5.79. The molecule has 3 rings (SSSR count). The van der Waals surface area contributed by atoms with Crippen molar-refractivity contribution in [1.29, 1.82) is 0 Å². The normalized spacial score (nSPS) is 11.8. The van der Waals surface area contributed by atoms with Crippen LogP contribution >= 0.6 is 11.8 Å². The molecule has 0 radical (unpaired) electrons. The van der Waals surface area contributed by atoms with Crippen molar-refractivity contribution in [2.45, 2.75) is 25.6 Å². The smallest absolute Gasteiger partial charge is 0.328 e. The van der Waals surface area contributed by atoms with E-state index in [2.05, 4.69) is 5.32 Å². The molecular formula is C23H26N2O4S. The minimum absolute atomic E-state index is 0.125. The first-order chi connectivity index (χ1) is 14.6. The zero-order valence-electron chi connectivity index (χ0n) is 17.2. The molecule has 0 aliphatic heterocycles. The molecule has 0 saturated carbocycles. The van der Waals surface area contributed by atoms with Crippen LogP contribution in [0.4, 0.5) is 0 Å². The number of esters is 1. The summed E-state index contributed by atoms with van der Waals surface area (Å²) in [6, 6.07) is 17.1. The van der Waals surface area contributed by atoms with Gasteiger partial charge in [0, 0.05) is 17.1 Å². The van der Waals surface area contributed by atoms with Gasteiger partial charge in [0.2, 0.25) is 5.91 Å². The Bertz CT molecular complexity index is 987. The second kappa shape index (κ2) is 10.7. The predicted molar refractivity (Wildman–Crippen MR) is 120 cm³/mol. The summed E-state index contributed by atoms with van der Waals surface area (Å²) >= 11 is 1.62. The van der Waals surface area contributed by atoms with Crippen molar-refractivity contribution in [2.24, 2.45) is 0 Å². The zero-order valence-corrected chi connectivity index (χ0v) is 18.0. The molecule has 0 fully saturated rings. The van der Waals surface area contributed by atoms with E-state index in [9.17, 15) is 9.59 Å². The highest BCUT2D eigenvalue weighted by Crippen LogP contribution is 2.23. The number of carbonyl (C=O) groups is 2. The van der Waals surface area contributed by atoms with Crippen molar-refractivity contribution in [1.82, 2.24) is 9.88 Å². The number of aromatic nitrogens is 1. The molecule has 3 aromatic rings. The van der Waals surface area contributed by atoms with E-state index in [1.807, 2.05) is 71.6 Å². The molecule has 158 valence electrons. The minimum Gasteiger partial charge on any atom is -0.489 e. The number of amides is 1. The molecule has 2 aromatic carbocycles. The Labute approximate surface area is 180 Å². The molecule has 0 saturated heterocycles. The number of fused-ring (bicyclic) bond motifs is 1. The van der Waals surface area contributed by atoms with Crippen LogP contribution in [-0.2, 0) is 27.5 Å². The molecule has 30 heavy (non-hydrogen) atoms. The fourth-order valence-electron chi connectivity index (χ4n) is 3.17. The number of ether oxygens (including phenoxy) is 2. The molecule has 0 aliphatic carbocycles. The predicted octanol–water partition coefficient (Wildman–Crippen LogP) is 3.63. The second-order valence-electron chi connectivity index (χ2n) is 6.86. The number of hydrogen-bond acceptors (Lipinski definition) is 5. The van der Waals surface area contributed by atoms with E-state index >= 15 is 0 Å². The number of nitrogens with zero attached hydrogens (tertiary/aromatic N) is 1. The third-order valence-corrected chi connectivity index (χ3v) is 5.38. The SMILES string of the molecule is COC(=O)[C@H](CCSC)NC(=O)Cn1ccc2cc(OCc3ccccc3)ccc21. The number of thioether (sulfide) groups is 1. The van der Waals surface area contributed by atoms with E-state index in [1.54, 1.807) is 11.8 Å². The summed E-state index contributed by atoms with van der Waals surface area (Å²) in [5.41, 5.74) is 2.03. The highest BCUT2D eigenvalue weighted by atomic mass is 32.2. The van der Waals surface area contributed by atoms with Gasteiger partial charge in [-0.05, 0) is 48.3 Å². The standard InChI is InChI=1S/C23H26N2O4S/c1-28-23(27)20(11-13-30-2)24-22(26)15-25-12-10-18-14-19(8-9-21(18)25)29-16-17-6-4-3-5-7-17/h3-10,12,14,20H,11,13,15-16H2,1-2H3,(H,24,26)/t20-/m0/s1. The van der Waals surface area contributed by atoms with Gasteiger partial charge in [0.05, 0.1) is 7.11 Å². The van der Waals surface area contributed by atoms with Crippen LogP contribution in [0.15, 0.2) is 60.8 Å². The zero-order chi connectivity index (χ0) is 21.3. The Kier molecular flexibility index (Phi) is 7.79. The Balaban J connectivity index is 1.63. The van der Waals surface area contributed by atoms with Gasteiger partial charge in [-0.1, -0.05) is 30.3 Å². The molecule has 0 aliphatic rings. The lowest BCUT2D eigenvalue weighted by Crippen LogP contribution is -2.43. The molecule has 1 N–H and O–H groups in total. The van der Waals surface area contributed by atoms with Gasteiger partial charge in [-0.15, -0.1) is 0 Å². The molecule has 6 nitrogen and oxygen atoms in total. The molecule has 1 atom stereocenters. The highest BCUT2D eigenvalue weighted by molar-refractivity contribution is 7.98. The molecular weight excluding hydrogens is 400 g/mol. The molecule has 0 spiro atoms. The molecule has 1 aromatic heterocycles. The van der Waals surface area contributed by atoms with Crippen molar-refractivity contribution in [3.05, 3.63) is 66.4 Å². The second-order valence-corrected chi connectivity index (χ2v) is 7.85. The summed E-state index contributed by atoms with van der Waals surface area (Å²) in [4.78, 5) is 24.4. The topological polar surface area (TPSA) is 69.6 Å². The fourth-order valence-corrected chi connectivity index (χ4v) is 3.64. The van der Waals surface area contributed by atoms with E-state index in [0.717, 1.165) is 28.0 Å². The number of benzene rings is 2. The van der Waals surface area contributed by atoms with E-state index in [4.69, 9.17) is 9.47 Å². The van der Waals surface area contributed by atoms with Gasteiger partial charge in [-0.2, -0.15) is 11.8 Å². The summed E-state index contributed by atoms with van der Waals surface area (Å²) in [6.45, 7) is 0.626. The Morgan fingerprint density at radius 1 is 1.13 bits per heavy atom. The molecule has 1 amide bonds. The Morgan fingerprint density at radius 2 is 1.93 bits per heavy atom. The van der Waals surface area contributed by atoms with Crippen LogP contribution in [0.5, 0.6) is 5.75 Å². The largest absolute Gasteiger partial charge is 0.489 e. The van der Waals surface area contributed by atoms with Crippen molar-refractivity contribution in [3.63, 3.8) is 0 Å². The summed E-state index contributed by atoms with van der Waals surface area (Å²) in [6.07, 6.45) is 4.36. The summed E-state index contributed by atoms with van der Waals surface area (Å²) in [5, 5.41) is 3.77. The van der Waals surface area contributed by atoms with Crippen LogP contribution in [0, 0.1) is 0 Å².